The molecule has 3 heterocycles. The normalized spacial score (nSPS) is 20.8. The number of carbonyl (C=O) groups is 12. The van der Waals surface area contributed by atoms with Crippen LogP contribution < -0.4 is 63.8 Å². The van der Waals surface area contributed by atoms with Crippen molar-refractivity contribution < 1.29 is 87.4 Å². The Balaban J connectivity index is 1.04. The Bertz CT molecular complexity index is 5060. The van der Waals surface area contributed by atoms with Crippen LogP contribution in [0, 0.1) is 64.1 Å². The second-order valence-electron chi connectivity index (χ2n) is 34.3. The SMILES string of the molecule is CC(C)C[C@@H]1NC(=O)[C@H](CCCNc2ccc([N+](=O)[O-])cc2[N+](=O)[O-])NC(=O)[C@H](C(C)C)NC(=O)[C@@H](Cc2ccc(O)cc2)NC(=O)[C@@H]2CCCN2C(=O)[C@@H](Cc2ccccc2)NC(=O)[C@H](CC(C)C)NC(=O)[C@@H](NC(=O)[C@@H](NC(=O)[C@@H](Cc2ccc(O)cc2)NC(=O)[C@@H]2CCCN2C(=O)[C@@H](Cc2ccccc2)Nc2ccc([N+](=O)[O-])cc2[N+](=O)[O-])C(C)C)CCCNC1=O. The van der Waals surface area contributed by atoms with Gasteiger partial charge >= 0.3 is 0 Å². The summed E-state index contributed by atoms with van der Waals surface area (Å²) < 4.78 is 0. The van der Waals surface area contributed by atoms with Crippen molar-refractivity contribution >= 4 is 105 Å². The lowest BCUT2D eigenvalue weighted by molar-refractivity contribution is -0.393. The lowest BCUT2D eigenvalue weighted by atomic mass is 9.98. The molecule has 12 atom stereocenters. The van der Waals surface area contributed by atoms with Gasteiger partial charge in [-0.1, -0.05) is 140 Å². The summed E-state index contributed by atoms with van der Waals surface area (Å²) in [5, 5.41) is 102. The maximum absolute atomic E-state index is 15.5. The summed E-state index contributed by atoms with van der Waals surface area (Å²) >= 11 is 0. The average molecular weight is 1800 g/mol. The number of amides is 12. The molecule has 3 fully saturated rings. The fourth-order valence-corrected chi connectivity index (χ4v) is 15.9. The van der Waals surface area contributed by atoms with E-state index < -0.39 is 198 Å². The maximum atomic E-state index is 15.5. The molecule has 0 aromatic heterocycles. The number of benzene rings is 6. The maximum Gasteiger partial charge on any atom is 0.299 e. The molecule has 0 aliphatic carbocycles. The molecule has 14 N–H and O–H groups in total. The van der Waals surface area contributed by atoms with Crippen molar-refractivity contribution in [3.8, 4) is 11.5 Å². The molecule has 0 spiro atoms. The highest BCUT2D eigenvalue weighted by atomic mass is 16.6. The van der Waals surface area contributed by atoms with E-state index in [-0.39, 0.29) is 151 Å². The zero-order valence-corrected chi connectivity index (χ0v) is 73.6. The molecule has 0 unspecified atom stereocenters. The van der Waals surface area contributed by atoms with Crippen LogP contribution in [0.4, 0.5) is 34.1 Å². The number of likely N-dealkylation sites (tertiary alicyclic amines) is 1. The topological polar surface area (TPSA) is 569 Å². The van der Waals surface area contributed by atoms with E-state index in [9.17, 15) is 74.6 Å². The molecular weight excluding hydrogens is 1690 g/mol. The molecule has 3 saturated heterocycles. The summed E-state index contributed by atoms with van der Waals surface area (Å²) in [7, 11) is 0. The number of nitrogens with one attached hydrogen (secondary N) is 12. The molecule has 0 saturated carbocycles. The Hall–Kier alpha value is -14.2. The molecule has 3 aliphatic rings. The van der Waals surface area contributed by atoms with Crippen molar-refractivity contribution in [1.29, 1.82) is 0 Å². The van der Waals surface area contributed by atoms with Crippen molar-refractivity contribution in [2.75, 3.05) is 36.8 Å². The monoisotopic (exact) mass is 1800 g/mol. The molecule has 130 heavy (non-hydrogen) atoms. The van der Waals surface area contributed by atoms with Crippen LogP contribution in [0.5, 0.6) is 11.5 Å². The minimum absolute atomic E-state index is 0.00165. The van der Waals surface area contributed by atoms with Crippen LogP contribution in [0.1, 0.15) is 142 Å². The number of anilines is 2. The van der Waals surface area contributed by atoms with Gasteiger partial charge in [0.25, 0.3) is 22.7 Å². The van der Waals surface area contributed by atoms with Gasteiger partial charge < -0.3 is 83.8 Å². The quantitative estimate of drug-likeness (QED) is 0.0130. The van der Waals surface area contributed by atoms with E-state index in [0.717, 1.165) is 36.4 Å². The zero-order valence-electron chi connectivity index (χ0n) is 73.6. The third kappa shape index (κ3) is 28.4. The molecule has 9 rings (SSSR count). The molecule has 40 nitrogen and oxygen atoms in total. The number of hydrogen-bond acceptors (Lipinski definition) is 24. The minimum Gasteiger partial charge on any atom is -0.508 e. The molecule has 0 radical (unpaired) electrons. The third-order valence-electron chi connectivity index (χ3n) is 22.7. The number of nitrogens with zero attached hydrogens (tertiary/aromatic N) is 6. The summed E-state index contributed by atoms with van der Waals surface area (Å²) in [5.41, 5.74) is -0.804. The number of non-ortho nitro benzene ring substituents is 2. The Labute approximate surface area is 750 Å². The Morgan fingerprint density at radius 2 is 0.985 bits per heavy atom. The zero-order chi connectivity index (χ0) is 94.7. The van der Waals surface area contributed by atoms with Crippen molar-refractivity contribution in [3.63, 3.8) is 0 Å². The number of phenols is 2. The third-order valence-corrected chi connectivity index (χ3v) is 22.7. The lowest BCUT2D eigenvalue weighted by Gasteiger charge is -2.32. The Morgan fingerprint density at radius 3 is 1.57 bits per heavy atom. The highest BCUT2D eigenvalue weighted by molar-refractivity contribution is 6.00. The van der Waals surface area contributed by atoms with Gasteiger partial charge in [0.1, 0.15) is 95.4 Å². The first-order chi connectivity index (χ1) is 61.8. The van der Waals surface area contributed by atoms with E-state index in [4.69, 9.17) is 0 Å². The molecule has 6 aromatic carbocycles. The summed E-state index contributed by atoms with van der Waals surface area (Å²) in [6.45, 7) is 13.0. The molecular formula is C90H114N18O22. The van der Waals surface area contributed by atoms with Crippen molar-refractivity contribution in [2.24, 2.45) is 23.7 Å². The fourth-order valence-electron chi connectivity index (χ4n) is 15.9. The largest absolute Gasteiger partial charge is 0.508 e. The van der Waals surface area contributed by atoms with Crippen LogP contribution >= 0.6 is 0 Å². The smallest absolute Gasteiger partial charge is 0.299 e. The molecule has 12 amide bonds. The number of nitro benzene ring substituents is 4. The Morgan fingerprint density at radius 1 is 0.485 bits per heavy atom. The second-order valence-corrected chi connectivity index (χ2v) is 34.3. The standard InChI is InChI=1S/C90H114N18O22/c1-51(2)43-67-79(111)92-40-16-24-66(95-88(120)78(54(7)8)102-83(115)69(45-57-27-33-61(109)34-28-57)98-85(117)73-25-17-41-103(73)89(121)71(47-55-19-11-9-12-20-55)93-64-38-32-60(106(125)126)50-76(64)108(129)130)81(113)97-68(44-52(3)4)82(114)100-72(48-56-21-13-10-14-22-56)90(122)104-42-18-26-74(104)86(118)99-70(46-58-29-35-62(110)36-30-58)84(116)101-77(53(5)6)87(119)94-65(80(112)96-67)23-15-39-91-63-37-31-59(105(123)124)49-75(63)107(127)128/h9-14,19-22,27-38,49-54,65-74,77-78,91,93,109-110H,15-18,23-26,39-48H2,1-8H3,(H,92,111)(H,94,119)(H,95,120)(H,96,112)(H,97,113)(H,98,117)(H,99,118)(H,100,114)(H,101,116)(H,102,115)/t65-,66-,67-,68-,69+,70+,71+,72+,73-,74-,77-,78-/m0/s1. The van der Waals surface area contributed by atoms with E-state index in [1.54, 1.807) is 116 Å². The van der Waals surface area contributed by atoms with Crippen LogP contribution in [0.2, 0.25) is 0 Å². The van der Waals surface area contributed by atoms with E-state index in [1.165, 1.54) is 58.3 Å². The van der Waals surface area contributed by atoms with E-state index in [1.807, 2.05) is 0 Å². The summed E-state index contributed by atoms with van der Waals surface area (Å²) in [4.78, 5) is 229. The van der Waals surface area contributed by atoms with Gasteiger partial charge in [-0.15, -0.1) is 0 Å². The van der Waals surface area contributed by atoms with E-state index in [2.05, 4.69) is 63.8 Å². The van der Waals surface area contributed by atoms with Gasteiger partial charge in [0.15, 0.2) is 0 Å². The summed E-state index contributed by atoms with van der Waals surface area (Å²) in [6.07, 6.45) is -0.901. The first-order valence-corrected chi connectivity index (χ1v) is 43.4. The van der Waals surface area contributed by atoms with Crippen LogP contribution in [-0.2, 0) is 83.2 Å². The van der Waals surface area contributed by atoms with Gasteiger partial charge in [0.2, 0.25) is 70.9 Å². The van der Waals surface area contributed by atoms with Gasteiger partial charge in [-0.2, -0.15) is 0 Å². The van der Waals surface area contributed by atoms with Crippen LogP contribution in [0.3, 0.4) is 0 Å². The number of aromatic hydroxyl groups is 2. The number of phenolic OH excluding ortho intramolecular Hbond substituents is 2. The number of fused-ring (bicyclic) bond motifs is 1. The lowest BCUT2D eigenvalue weighted by Crippen LogP contribution is -2.61. The predicted molar refractivity (Wildman–Crippen MR) is 476 cm³/mol. The van der Waals surface area contributed by atoms with Crippen LogP contribution in [0.25, 0.3) is 0 Å². The predicted octanol–water partition coefficient (Wildman–Crippen LogP) is 6.03. The van der Waals surface area contributed by atoms with Crippen LogP contribution in [0.15, 0.2) is 146 Å². The van der Waals surface area contributed by atoms with E-state index in [0.29, 0.717) is 22.3 Å². The van der Waals surface area contributed by atoms with Gasteiger partial charge in [-0.25, -0.2) is 0 Å². The fraction of sp³-hybridized carbons (Fsp3) is 0.467. The highest BCUT2D eigenvalue weighted by Crippen LogP contribution is 2.33. The molecule has 40 heteroatoms. The average Bonchev–Trinajstić information content (AvgIpc) is 1.58. The van der Waals surface area contributed by atoms with Crippen LogP contribution in [-0.4, -0.2) is 209 Å². The number of hydrogen-bond donors (Lipinski definition) is 14. The first-order valence-electron chi connectivity index (χ1n) is 43.4. The van der Waals surface area contributed by atoms with Crippen molar-refractivity contribution in [1.82, 2.24) is 63.0 Å². The first kappa shape index (κ1) is 99.5. The second kappa shape index (κ2) is 47.0. The highest BCUT2D eigenvalue weighted by Gasteiger charge is 2.44. The van der Waals surface area contributed by atoms with Gasteiger partial charge in [-0.3, -0.25) is 98.0 Å². The molecule has 3 aliphatic heterocycles. The number of carbonyl (C=O) groups excluding carboxylic acids is 12. The number of nitro groups is 4. The van der Waals surface area contributed by atoms with Crippen molar-refractivity contribution in [2.45, 2.75) is 218 Å². The van der Waals surface area contributed by atoms with E-state index >= 15 is 33.6 Å². The molecule has 0 bridgehead atoms. The van der Waals surface area contributed by atoms with Gasteiger partial charge in [0.05, 0.1) is 31.8 Å². The van der Waals surface area contributed by atoms with Gasteiger partial charge in [-0.05, 0) is 147 Å². The van der Waals surface area contributed by atoms with Crippen molar-refractivity contribution in [3.05, 3.63) is 208 Å². The molecule has 696 valence electrons. The summed E-state index contributed by atoms with van der Waals surface area (Å²) in [6, 6.07) is 17.1. The summed E-state index contributed by atoms with van der Waals surface area (Å²) in [5.74, 6) is -12.7. The van der Waals surface area contributed by atoms with Gasteiger partial charge in [0, 0.05) is 64.0 Å². The Kier molecular flexibility index (Phi) is 36.0. The molecule has 6 aromatic rings. The minimum atomic E-state index is -1.63. The number of rotatable bonds is 32.